The van der Waals surface area contributed by atoms with Gasteiger partial charge in [0, 0.05) is 6.54 Å². The fourth-order valence-corrected chi connectivity index (χ4v) is 3.42. The van der Waals surface area contributed by atoms with Gasteiger partial charge in [-0.15, -0.1) is 0 Å². The molecular weight excluding hydrogens is 318 g/mol. The number of carbonyl (C=O) groups is 1. The number of para-hydroxylation sites is 1. The monoisotopic (exact) mass is 339 g/mol. The number of ether oxygens (including phenoxy) is 3. The van der Waals surface area contributed by atoms with Crippen molar-refractivity contribution in [2.75, 3.05) is 26.4 Å². The quantitative estimate of drug-likeness (QED) is 0.858. The van der Waals surface area contributed by atoms with Crippen LogP contribution >= 0.6 is 0 Å². The van der Waals surface area contributed by atoms with Gasteiger partial charge in [-0.1, -0.05) is 24.3 Å². The molecule has 2 aromatic rings. The van der Waals surface area contributed by atoms with Crippen LogP contribution in [0.4, 0.5) is 0 Å². The Morgan fingerprint density at radius 3 is 2.72 bits per heavy atom. The SMILES string of the molecule is O=C(COc1ccccc1)N1CCC[C@@H]1c1ccc2c(c1)OCCO2. The molecule has 1 saturated heterocycles. The molecule has 2 aliphatic rings. The summed E-state index contributed by atoms with van der Waals surface area (Å²) in [5.74, 6) is 2.27. The molecule has 1 fully saturated rings. The average molecular weight is 339 g/mol. The Balaban J connectivity index is 1.45. The summed E-state index contributed by atoms with van der Waals surface area (Å²) in [6.07, 6.45) is 1.95. The summed E-state index contributed by atoms with van der Waals surface area (Å²) in [4.78, 5) is 14.5. The van der Waals surface area contributed by atoms with E-state index >= 15 is 0 Å². The van der Waals surface area contributed by atoms with E-state index in [0.717, 1.165) is 36.4 Å². The Kier molecular flexibility index (Phi) is 4.46. The molecule has 0 N–H and O–H groups in total. The van der Waals surface area contributed by atoms with Crippen LogP contribution in [-0.2, 0) is 4.79 Å². The van der Waals surface area contributed by atoms with Crippen LogP contribution < -0.4 is 14.2 Å². The second-order valence-electron chi connectivity index (χ2n) is 6.25. The molecule has 0 bridgehead atoms. The van der Waals surface area contributed by atoms with Crippen molar-refractivity contribution in [2.24, 2.45) is 0 Å². The van der Waals surface area contributed by atoms with Gasteiger partial charge >= 0.3 is 0 Å². The second kappa shape index (κ2) is 7.05. The molecule has 0 unspecified atom stereocenters. The smallest absolute Gasteiger partial charge is 0.261 e. The molecule has 2 heterocycles. The van der Waals surface area contributed by atoms with Gasteiger partial charge in [0.1, 0.15) is 19.0 Å². The number of hydrogen-bond donors (Lipinski definition) is 0. The summed E-state index contributed by atoms with van der Waals surface area (Å²) in [7, 11) is 0. The fraction of sp³-hybridized carbons (Fsp3) is 0.350. The normalized spacial score (nSPS) is 18.9. The van der Waals surface area contributed by atoms with Crippen molar-refractivity contribution in [2.45, 2.75) is 18.9 Å². The number of hydrogen-bond acceptors (Lipinski definition) is 4. The van der Waals surface area contributed by atoms with Crippen LogP contribution in [0.1, 0.15) is 24.4 Å². The lowest BCUT2D eigenvalue weighted by molar-refractivity contribution is -0.134. The van der Waals surface area contributed by atoms with Crippen LogP contribution in [0.5, 0.6) is 17.2 Å². The fourth-order valence-electron chi connectivity index (χ4n) is 3.42. The first kappa shape index (κ1) is 15.8. The maximum Gasteiger partial charge on any atom is 0.261 e. The van der Waals surface area contributed by atoms with Crippen molar-refractivity contribution in [3.63, 3.8) is 0 Å². The Morgan fingerprint density at radius 2 is 1.88 bits per heavy atom. The van der Waals surface area contributed by atoms with E-state index in [1.165, 1.54) is 0 Å². The van der Waals surface area contributed by atoms with E-state index in [1.807, 2.05) is 53.4 Å². The van der Waals surface area contributed by atoms with Crippen molar-refractivity contribution in [1.82, 2.24) is 4.90 Å². The van der Waals surface area contributed by atoms with Gasteiger partial charge < -0.3 is 19.1 Å². The third kappa shape index (κ3) is 3.40. The minimum absolute atomic E-state index is 0.0150. The molecule has 0 aliphatic carbocycles. The highest BCUT2D eigenvalue weighted by Gasteiger charge is 2.31. The Bertz CT molecular complexity index is 747. The first-order valence-corrected chi connectivity index (χ1v) is 8.68. The first-order chi connectivity index (χ1) is 12.3. The van der Waals surface area contributed by atoms with E-state index in [2.05, 4.69) is 0 Å². The summed E-state index contributed by atoms with van der Waals surface area (Å²) in [5.41, 5.74) is 1.09. The summed E-state index contributed by atoms with van der Waals surface area (Å²) in [6.45, 7) is 1.97. The van der Waals surface area contributed by atoms with Crippen LogP contribution in [-0.4, -0.2) is 37.2 Å². The lowest BCUT2D eigenvalue weighted by Gasteiger charge is -2.26. The summed E-state index contributed by atoms with van der Waals surface area (Å²) < 4.78 is 16.9. The lowest BCUT2D eigenvalue weighted by atomic mass is 10.0. The Hall–Kier alpha value is -2.69. The highest BCUT2D eigenvalue weighted by molar-refractivity contribution is 5.78. The van der Waals surface area contributed by atoms with Gasteiger partial charge in [-0.25, -0.2) is 0 Å². The minimum atomic E-state index is 0.0150. The number of nitrogens with zero attached hydrogens (tertiary/aromatic N) is 1. The van der Waals surface area contributed by atoms with Crippen LogP contribution in [0.15, 0.2) is 48.5 Å². The van der Waals surface area contributed by atoms with E-state index in [1.54, 1.807) is 0 Å². The van der Waals surface area contributed by atoms with Crippen molar-refractivity contribution in [3.05, 3.63) is 54.1 Å². The summed E-state index contributed by atoms with van der Waals surface area (Å²) in [6, 6.07) is 15.5. The van der Waals surface area contributed by atoms with Crippen molar-refractivity contribution in [1.29, 1.82) is 0 Å². The van der Waals surface area contributed by atoms with Gasteiger partial charge in [0.25, 0.3) is 5.91 Å². The van der Waals surface area contributed by atoms with E-state index in [4.69, 9.17) is 14.2 Å². The first-order valence-electron chi connectivity index (χ1n) is 8.68. The van der Waals surface area contributed by atoms with Crippen LogP contribution in [0.25, 0.3) is 0 Å². The standard InChI is InChI=1S/C20H21NO4/c22-20(14-25-16-5-2-1-3-6-16)21-10-4-7-17(21)15-8-9-18-19(13-15)24-12-11-23-18/h1-3,5-6,8-9,13,17H,4,7,10-12,14H2/t17-/m1/s1. The molecule has 0 radical (unpaired) electrons. The number of rotatable bonds is 4. The molecule has 1 amide bonds. The van der Waals surface area contributed by atoms with Gasteiger partial charge in [0.05, 0.1) is 6.04 Å². The molecule has 5 nitrogen and oxygen atoms in total. The van der Waals surface area contributed by atoms with Crippen LogP contribution in [0.2, 0.25) is 0 Å². The van der Waals surface area contributed by atoms with E-state index in [0.29, 0.717) is 19.0 Å². The minimum Gasteiger partial charge on any atom is -0.486 e. The zero-order chi connectivity index (χ0) is 17.1. The van der Waals surface area contributed by atoms with E-state index in [9.17, 15) is 4.79 Å². The summed E-state index contributed by atoms with van der Waals surface area (Å²) >= 11 is 0. The molecule has 4 rings (SSSR count). The predicted octanol–water partition coefficient (Wildman–Crippen LogP) is 3.20. The van der Waals surface area contributed by atoms with Crippen molar-refractivity contribution < 1.29 is 19.0 Å². The molecule has 0 aromatic heterocycles. The van der Waals surface area contributed by atoms with E-state index in [-0.39, 0.29) is 18.6 Å². The van der Waals surface area contributed by atoms with Gasteiger partial charge in [0.2, 0.25) is 0 Å². The topological polar surface area (TPSA) is 48.0 Å². The molecule has 0 saturated carbocycles. The molecule has 0 spiro atoms. The summed E-state index contributed by atoms with van der Waals surface area (Å²) in [5, 5.41) is 0. The molecular formula is C20H21NO4. The Labute approximate surface area is 147 Å². The maximum absolute atomic E-state index is 12.6. The maximum atomic E-state index is 12.6. The third-order valence-electron chi connectivity index (χ3n) is 4.63. The molecule has 2 aliphatic heterocycles. The zero-order valence-electron chi connectivity index (χ0n) is 14.0. The molecule has 130 valence electrons. The largest absolute Gasteiger partial charge is 0.486 e. The number of likely N-dealkylation sites (tertiary alicyclic amines) is 1. The molecule has 1 atom stereocenters. The van der Waals surface area contributed by atoms with Gasteiger partial charge in [-0.2, -0.15) is 0 Å². The van der Waals surface area contributed by atoms with Crippen LogP contribution in [0.3, 0.4) is 0 Å². The lowest BCUT2D eigenvalue weighted by Crippen LogP contribution is -2.34. The van der Waals surface area contributed by atoms with Gasteiger partial charge in [-0.05, 0) is 42.7 Å². The molecule has 25 heavy (non-hydrogen) atoms. The van der Waals surface area contributed by atoms with E-state index < -0.39 is 0 Å². The molecule has 5 heteroatoms. The molecule has 2 aromatic carbocycles. The van der Waals surface area contributed by atoms with Crippen LogP contribution in [0, 0.1) is 0 Å². The number of benzene rings is 2. The highest BCUT2D eigenvalue weighted by atomic mass is 16.6. The second-order valence-corrected chi connectivity index (χ2v) is 6.25. The van der Waals surface area contributed by atoms with Crippen molar-refractivity contribution in [3.8, 4) is 17.2 Å². The zero-order valence-corrected chi connectivity index (χ0v) is 14.0. The number of amides is 1. The predicted molar refractivity (Wildman–Crippen MR) is 93.1 cm³/mol. The third-order valence-corrected chi connectivity index (χ3v) is 4.63. The number of carbonyl (C=O) groups excluding carboxylic acids is 1. The van der Waals surface area contributed by atoms with Gasteiger partial charge in [0.15, 0.2) is 18.1 Å². The van der Waals surface area contributed by atoms with Gasteiger partial charge in [-0.3, -0.25) is 4.79 Å². The average Bonchev–Trinajstić information content (AvgIpc) is 3.16. The van der Waals surface area contributed by atoms with Crippen molar-refractivity contribution >= 4 is 5.91 Å². The highest BCUT2D eigenvalue weighted by Crippen LogP contribution is 2.38. The number of fused-ring (bicyclic) bond motifs is 1. The Morgan fingerprint density at radius 1 is 1.08 bits per heavy atom.